The van der Waals surface area contributed by atoms with Crippen LogP contribution in [0.15, 0.2) is 29.1 Å². The molecular weight excluding hydrogens is 240 g/mol. The zero-order chi connectivity index (χ0) is 13.0. The molecule has 0 saturated carbocycles. The van der Waals surface area contributed by atoms with Gasteiger partial charge >= 0.3 is 5.97 Å². The maximum Gasteiger partial charge on any atom is 0.335 e. The van der Waals surface area contributed by atoms with Crippen LogP contribution in [0.25, 0.3) is 0 Å². The van der Waals surface area contributed by atoms with Crippen LogP contribution in [0, 0.1) is 0 Å². The van der Waals surface area contributed by atoms with Crippen LogP contribution in [0.5, 0.6) is 11.5 Å². The Hall–Kier alpha value is -2.57. The van der Waals surface area contributed by atoms with Gasteiger partial charge in [0.15, 0.2) is 18.1 Å². The van der Waals surface area contributed by atoms with Crippen LogP contribution in [0.4, 0.5) is 0 Å². The Kier molecular flexibility index (Phi) is 3.42. The predicted octanol–water partition coefficient (Wildman–Crippen LogP) is 1.36. The highest BCUT2D eigenvalue weighted by Gasteiger charge is 2.10. The zero-order valence-electron chi connectivity index (χ0n) is 9.49. The second kappa shape index (κ2) is 5.17. The summed E-state index contributed by atoms with van der Waals surface area (Å²) in [5, 5.41) is 12.4. The van der Waals surface area contributed by atoms with Crippen LogP contribution in [0.2, 0.25) is 0 Å². The first-order chi connectivity index (χ1) is 8.70. The van der Waals surface area contributed by atoms with Gasteiger partial charge in [-0.2, -0.15) is 4.98 Å². The average molecular weight is 250 g/mol. The van der Waals surface area contributed by atoms with Crippen molar-refractivity contribution < 1.29 is 23.9 Å². The second-order valence-corrected chi connectivity index (χ2v) is 3.31. The maximum absolute atomic E-state index is 10.8. The van der Waals surface area contributed by atoms with Crippen LogP contribution < -0.4 is 9.47 Å². The fourth-order valence-corrected chi connectivity index (χ4v) is 1.32. The smallest absolute Gasteiger partial charge is 0.335 e. The monoisotopic (exact) mass is 250 g/mol. The molecule has 1 aromatic carbocycles. The molecule has 0 spiro atoms. The maximum atomic E-state index is 10.8. The lowest BCUT2D eigenvalue weighted by molar-refractivity contribution is 0.0696. The molecule has 0 aliphatic carbocycles. The number of hydrogen-bond donors (Lipinski definition) is 1. The number of benzene rings is 1. The number of carbonyl (C=O) groups is 1. The summed E-state index contributed by atoms with van der Waals surface area (Å²) in [6.07, 6.45) is 1.20. The van der Waals surface area contributed by atoms with Gasteiger partial charge in [0.2, 0.25) is 12.2 Å². The fourth-order valence-electron chi connectivity index (χ4n) is 1.32. The lowest BCUT2D eigenvalue weighted by atomic mass is 10.2. The second-order valence-electron chi connectivity index (χ2n) is 3.31. The van der Waals surface area contributed by atoms with E-state index in [-0.39, 0.29) is 12.2 Å². The third-order valence-electron chi connectivity index (χ3n) is 2.17. The molecule has 0 atom stereocenters. The predicted molar refractivity (Wildman–Crippen MR) is 58.6 cm³/mol. The van der Waals surface area contributed by atoms with Crippen molar-refractivity contribution in [2.45, 2.75) is 6.61 Å². The largest absolute Gasteiger partial charge is 0.493 e. The molecule has 7 nitrogen and oxygen atoms in total. The third kappa shape index (κ3) is 2.57. The molecule has 7 heteroatoms. The van der Waals surface area contributed by atoms with Gasteiger partial charge in [0.25, 0.3) is 0 Å². The Balaban J connectivity index is 2.14. The van der Waals surface area contributed by atoms with E-state index in [0.717, 1.165) is 0 Å². The van der Waals surface area contributed by atoms with Crippen molar-refractivity contribution in [3.05, 3.63) is 36.0 Å². The summed E-state index contributed by atoms with van der Waals surface area (Å²) < 4.78 is 15.0. The van der Waals surface area contributed by atoms with E-state index in [4.69, 9.17) is 14.6 Å². The lowest BCUT2D eigenvalue weighted by Gasteiger charge is -2.09. The van der Waals surface area contributed by atoms with E-state index in [1.54, 1.807) is 0 Å². The summed E-state index contributed by atoms with van der Waals surface area (Å²) in [4.78, 5) is 14.6. The molecular formula is C11H10N2O5. The van der Waals surface area contributed by atoms with E-state index in [1.165, 1.54) is 31.7 Å². The quantitative estimate of drug-likeness (QED) is 0.855. The third-order valence-corrected chi connectivity index (χ3v) is 2.17. The standard InChI is InChI=1S/C11H10N2O5/c1-16-9-4-7(11(14)15)2-3-8(9)17-5-10-12-6-18-13-10/h2-4,6H,5H2,1H3,(H,14,15). The number of aromatic nitrogens is 2. The van der Waals surface area contributed by atoms with Gasteiger partial charge in [0, 0.05) is 0 Å². The molecule has 0 radical (unpaired) electrons. The van der Waals surface area contributed by atoms with Crippen molar-refractivity contribution in [1.82, 2.24) is 10.1 Å². The number of carboxylic acid groups (broad SMARTS) is 1. The highest BCUT2D eigenvalue weighted by molar-refractivity contribution is 5.88. The van der Waals surface area contributed by atoms with Crippen molar-refractivity contribution in [3.63, 3.8) is 0 Å². The first kappa shape index (κ1) is 11.9. The normalized spacial score (nSPS) is 10.1. The Labute approximate surface area is 102 Å². The summed E-state index contributed by atoms with van der Waals surface area (Å²) in [5.74, 6) is 0.100. The summed E-state index contributed by atoms with van der Waals surface area (Å²) in [6.45, 7) is 0.110. The Morgan fingerprint density at radius 2 is 2.28 bits per heavy atom. The van der Waals surface area contributed by atoms with Gasteiger partial charge in [-0.25, -0.2) is 4.79 Å². The number of rotatable bonds is 5. The highest BCUT2D eigenvalue weighted by atomic mass is 16.5. The molecule has 0 fully saturated rings. The van der Waals surface area contributed by atoms with Crippen molar-refractivity contribution in [2.24, 2.45) is 0 Å². The van der Waals surface area contributed by atoms with E-state index in [0.29, 0.717) is 17.3 Å². The van der Waals surface area contributed by atoms with E-state index in [1.807, 2.05) is 0 Å². The number of methoxy groups -OCH3 is 1. The minimum Gasteiger partial charge on any atom is -0.493 e. The molecule has 0 saturated heterocycles. The molecule has 1 heterocycles. The van der Waals surface area contributed by atoms with Gasteiger partial charge in [-0.05, 0) is 18.2 Å². The first-order valence-electron chi connectivity index (χ1n) is 5.00. The van der Waals surface area contributed by atoms with E-state index in [9.17, 15) is 4.79 Å². The van der Waals surface area contributed by atoms with Crippen LogP contribution in [0.3, 0.4) is 0 Å². The van der Waals surface area contributed by atoms with Gasteiger partial charge in [-0.1, -0.05) is 5.16 Å². The SMILES string of the molecule is COc1cc(C(=O)O)ccc1OCc1ncon1. The molecule has 0 aliphatic heterocycles. The summed E-state index contributed by atoms with van der Waals surface area (Å²) in [5.41, 5.74) is 0.124. The van der Waals surface area contributed by atoms with Crippen molar-refractivity contribution in [3.8, 4) is 11.5 Å². The van der Waals surface area contributed by atoms with Gasteiger partial charge in [-0.3, -0.25) is 0 Å². The molecule has 18 heavy (non-hydrogen) atoms. The lowest BCUT2D eigenvalue weighted by Crippen LogP contribution is -2.01. The number of hydrogen-bond acceptors (Lipinski definition) is 6. The molecule has 0 unspecified atom stereocenters. The van der Waals surface area contributed by atoms with Crippen LogP contribution in [-0.4, -0.2) is 28.3 Å². The summed E-state index contributed by atoms with van der Waals surface area (Å²) in [6, 6.07) is 4.33. The number of carboxylic acids is 1. The molecule has 1 aromatic heterocycles. The molecule has 2 aromatic rings. The zero-order valence-corrected chi connectivity index (χ0v) is 9.49. The van der Waals surface area contributed by atoms with E-state index >= 15 is 0 Å². The molecule has 0 bridgehead atoms. The fraction of sp³-hybridized carbons (Fsp3) is 0.182. The Morgan fingerprint density at radius 1 is 1.44 bits per heavy atom. The molecule has 94 valence electrons. The first-order valence-corrected chi connectivity index (χ1v) is 5.00. The minimum absolute atomic E-state index is 0.110. The van der Waals surface area contributed by atoms with E-state index < -0.39 is 5.97 Å². The van der Waals surface area contributed by atoms with Gasteiger partial charge in [0.1, 0.15) is 0 Å². The van der Waals surface area contributed by atoms with Gasteiger partial charge in [0.05, 0.1) is 12.7 Å². The highest BCUT2D eigenvalue weighted by Crippen LogP contribution is 2.28. The molecule has 0 aliphatic rings. The van der Waals surface area contributed by atoms with Crippen LogP contribution in [0.1, 0.15) is 16.2 Å². The van der Waals surface area contributed by atoms with Crippen LogP contribution >= 0.6 is 0 Å². The Morgan fingerprint density at radius 3 is 2.89 bits per heavy atom. The molecule has 1 N–H and O–H groups in total. The van der Waals surface area contributed by atoms with Crippen molar-refractivity contribution in [1.29, 1.82) is 0 Å². The van der Waals surface area contributed by atoms with Crippen LogP contribution in [-0.2, 0) is 6.61 Å². The number of ether oxygens (including phenoxy) is 2. The van der Waals surface area contributed by atoms with Gasteiger partial charge in [-0.15, -0.1) is 0 Å². The van der Waals surface area contributed by atoms with Crippen molar-refractivity contribution >= 4 is 5.97 Å². The number of aromatic carboxylic acids is 1. The number of nitrogens with zero attached hydrogens (tertiary/aromatic N) is 2. The Bertz CT molecular complexity index is 538. The van der Waals surface area contributed by atoms with Gasteiger partial charge < -0.3 is 19.1 Å². The topological polar surface area (TPSA) is 94.7 Å². The summed E-state index contributed by atoms with van der Waals surface area (Å²) >= 11 is 0. The average Bonchev–Trinajstić information content (AvgIpc) is 2.89. The molecule has 2 rings (SSSR count). The summed E-state index contributed by atoms with van der Waals surface area (Å²) in [7, 11) is 1.43. The molecule has 0 amide bonds. The van der Waals surface area contributed by atoms with E-state index in [2.05, 4.69) is 14.7 Å². The van der Waals surface area contributed by atoms with Crippen molar-refractivity contribution in [2.75, 3.05) is 7.11 Å². The minimum atomic E-state index is -1.03.